The Balaban J connectivity index is 1.74. The third-order valence-corrected chi connectivity index (χ3v) is 5.70. The molecular formula is C18H35N3O2. The maximum atomic E-state index is 12.3. The molecule has 1 saturated carbocycles. The number of carbonyl (C=O) groups is 1. The number of piperazine rings is 1. The summed E-state index contributed by atoms with van der Waals surface area (Å²) in [5, 5.41) is 10.8. The van der Waals surface area contributed by atoms with Crippen LogP contribution in [0, 0.1) is 5.92 Å². The van der Waals surface area contributed by atoms with Crippen molar-refractivity contribution >= 4 is 5.91 Å². The zero-order chi connectivity index (χ0) is 16.9. The van der Waals surface area contributed by atoms with E-state index in [1.807, 2.05) is 4.90 Å². The van der Waals surface area contributed by atoms with Crippen molar-refractivity contribution in [2.75, 3.05) is 52.4 Å². The molecule has 1 amide bonds. The molecule has 134 valence electrons. The molecule has 0 aromatic heterocycles. The van der Waals surface area contributed by atoms with Crippen LogP contribution in [-0.4, -0.2) is 83.7 Å². The minimum absolute atomic E-state index is 0.249. The fraction of sp³-hybridized carbons (Fsp3) is 0.944. The van der Waals surface area contributed by atoms with E-state index >= 15 is 0 Å². The molecule has 0 aromatic rings. The van der Waals surface area contributed by atoms with Crippen LogP contribution in [0.1, 0.15) is 46.5 Å². The lowest BCUT2D eigenvalue weighted by Crippen LogP contribution is -2.55. The van der Waals surface area contributed by atoms with Crippen molar-refractivity contribution in [3.63, 3.8) is 0 Å². The second-order valence-electron chi connectivity index (χ2n) is 7.53. The lowest BCUT2D eigenvalue weighted by atomic mass is 9.79. The summed E-state index contributed by atoms with van der Waals surface area (Å²) in [6, 6.07) is 0. The highest BCUT2D eigenvalue weighted by molar-refractivity contribution is 5.78. The van der Waals surface area contributed by atoms with Crippen molar-refractivity contribution in [3.8, 4) is 0 Å². The van der Waals surface area contributed by atoms with E-state index in [0.29, 0.717) is 6.54 Å². The summed E-state index contributed by atoms with van der Waals surface area (Å²) in [6.07, 6.45) is 4.13. The number of β-amino-alcohol motifs (C(OH)–C–C–N with tert-alkyl or cyclic N) is 1. The van der Waals surface area contributed by atoms with Gasteiger partial charge in [-0.3, -0.25) is 14.6 Å². The Bertz CT molecular complexity index is 368. The molecule has 0 bridgehead atoms. The van der Waals surface area contributed by atoms with Crippen molar-refractivity contribution < 1.29 is 9.90 Å². The van der Waals surface area contributed by atoms with Crippen LogP contribution < -0.4 is 0 Å². The number of rotatable bonds is 6. The van der Waals surface area contributed by atoms with E-state index in [4.69, 9.17) is 0 Å². The average molecular weight is 325 g/mol. The molecule has 5 heteroatoms. The largest absolute Gasteiger partial charge is 0.389 e. The Hall–Kier alpha value is -0.650. The molecule has 1 aliphatic carbocycles. The van der Waals surface area contributed by atoms with Crippen LogP contribution in [0.2, 0.25) is 0 Å². The second kappa shape index (κ2) is 8.45. The zero-order valence-electron chi connectivity index (χ0n) is 15.3. The molecule has 5 nitrogen and oxygen atoms in total. The highest BCUT2D eigenvalue weighted by atomic mass is 16.3. The maximum Gasteiger partial charge on any atom is 0.236 e. The van der Waals surface area contributed by atoms with Gasteiger partial charge in [-0.25, -0.2) is 0 Å². The Morgan fingerprint density at radius 2 is 1.70 bits per heavy atom. The number of hydrogen-bond acceptors (Lipinski definition) is 4. The third-order valence-electron chi connectivity index (χ3n) is 5.70. The van der Waals surface area contributed by atoms with E-state index in [0.717, 1.165) is 77.4 Å². The fourth-order valence-corrected chi connectivity index (χ4v) is 3.77. The molecule has 0 aromatic carbocycles. The van der Waals surface area contributed by atoms with E-state index < -0.39 is 5.60 Å². The molecule has 2 aliphatic rings. The number of nitrogens with zero attached hydrogens (tertiary/aromatic N) is 3. The van der Waals surface area contributed by atoms with E-state index in [1.54, 1.807) is 0 Å². The van der Waals surface area contributed by atoms with Crippen LogP contribution in [0.4, 0.5) is 0 Å². The van der Waals surface area contributed by atoms with E-state index in [1.165, 1.54) is 0 Å². The van der Waals surface area contributed by atoms with Gasteiger partial charge in [0.05, 0.1) is 12.1 Å². The van der Waals surface area contributed by atoms with Crippen LogP contribution in [-0.2, 0) is 4.79 Å². The van der Waals surface area contributed by atoms with Gasteiger partial charge in [-0.1, -0.05) is 20.8 Å². The predicted octanol–water partition coefficient (Wildman–Crippen LogP) is 1.41. The maximum absolute atomic E-state index is 12.3. The van der Waals surface area contributed by atoms with Gasteiger partial charge < -0.3 is 10.0 Å². The van der Waals surface area contributed by atoms with Crippen molar-refractivity contribution in [1.29, 1.82) is 0 Å². The number of carbonyl (C=O) groups excluding carboxylic acids is 1. The van der Waals surface area contributed by atoms with Gasteiger partial charge in [0.2, 0.25) is 5.91 Å². The fourth-order valence-electron chi connectivity index (χ4n) is 3.77. The molecule has 0 radical (unpaired) electrons. The smallest absolute Gasteiger partial charge is 0.236 e. The number of aliphatic hydroxyl groups is 1. The molecule has 1 aliphatic heterocycles. The van der Waals surface area contributed by atoms with Gasteiger partial charge in [-0.15, -0.1) is 0 Å². The summed E-state index contributed by atoms with van der Waals surface area (Å²) in [4.78, 5) is 18.8. The number of amides is 1. The monoisotopic (exact) mass is 325 g/mol. The topological polar surface area (TPSA) is 47.0 Å². The first-order valence-corrected chi connectivity index (χ1v) is 9.40. The molecule has 1 N–H and O–H groups in total. The lowest BCUT2D eigenvalue weighted by molar-refractivity contribution is -0.134. The van der Waals surface area contributed by atoms with Gasteiger partial charge in [-0.2, -0.15) is 0 Å². The highest BCUT2D eigenvalue weighted by Gasteiger charge is 2.34. The highest BCUT2D eigenvalue weighted by Crippen LogP contribution is 2.32. The van der Waals surface area contributed by atoms with E-state index in [9.17, 15) is 9.90 Å². The molecule has 2 rings (SSSR count). The number of hydrogen-bond donors (Lipinski definition) is 1. The molecule has 0 spiro atoms. The first-order chi connectivity index (χ1) is 11.0. The van der Waals surface area contributed by atoms with Gasteiger partial charge in [0.1, 0.15) is 0 Å². The Labute approximate surface area is 141 Å². The predicted molar refractivity (Wildman–Crippen MR) is 93.4 cm³/mol. The zero-order valence-corrected chi connectivity index (χ0v) is 15.3. The molecule has 1 heterocycles. The van der Waals surface area contributed by atoms with Gasteiger partial charge in [-0.05, 0) is 44.7 Å². The van der Waals surface area contributed by atoms with Gasteiger partial charge in [0.15, 0.2) is 0 Å². The summed E-state index contributed by atoms with van der Waals surface area (Å²) in [5.41, 5.74) is -0.500. The van der Waals surface area contributed by atoms with Crippen molar-refractivity contribution in [2.45, 2.75) is 52.1 Å². The average Bonchev–Trinajstić information content (AvgIpc) is 2.56. The van der Waals surface area contributed by atoms with Gasteiger partial charge >= 0.3 is 0 Å². The Kier molecular flexibility index (Phi) is 6.86. The van der Waals surface area contributed by atoms with Crippen LogP contribution in [0.3, 0.4) is 0 Å². The van der Waals surface area contributed by atoms with Crippen molar-refractivity contribution in [1.82, 2.24) is 14.7 Å². The van der Waals surface area contributed by atoms with Crippen LogP contribution >= 0.6 is 0 Å². The lowest BCUT2D eigenvalue weighted by Gasteiger charge is -2.42. The normalized spacial score (nSPS) is 30.0. The first-order valence-electron chi connectivity index (χ1n) is 9.40. The van der Waals surface area contributed by atoms with Crippen molar-refractivity contribution in [2.24, 2.45) is 5.92 Å². The van der Waals surface area contributed by atoms with Crippen LogP contribution in [0.15, 0.2) is 0 Å². The minimum atomic E-state index is -0.500. The molecule has 23 heavy (non-hydrogen) atoms. The third kappa shape index (κ3) is 5.44. The Morgan fingerprint density at radius 1 is 1.13 bits per heavy atom. The minimum Gasteiger partial charge on any atom is -0.389 e. The quantitative estimate of drug-likeness (QED) is 0.802. The van der Waals surface area contributed by atoms with Gasteiger partial charge in [0, 0.05) is 32.7 Å². The summed E-state index contributed by atoms with van der Waals surface area (Å²) in [7, 11) is 0. The summed E-state index contributed by atoms with van der Waals surface area (Å²) >= 11 is 0. The van der Waals surface area contributed by atoms with Gasteiger partial charge in [0.25, 0.3) is 0 Å². The summed E-state index contributed by atoms with van der Waals surface area (Å²) < 4.78 is 0. The summed E-state index contributed by atoms with van der Waals surface area (Å²) in [6.45, 7) is 13.0. The number of likely N-dealkylation sites (N-methyl/N-ethyl adjacent to an activating group) is 1. The van der Waals surface area contributed by atoms with E-state index in [-0.39, 0.29) is 5.91 Å². The Morgan fingerprint density at radius 3 is 2.22 bits per heavy atom. The summed E-state index contributed by atoms with van der Waals surface area (Å²) in [5.74, 6) is 1.00. The molecule has 1 saturated heterocycles. The van der Waals surface area contributed by atoms with E-state index in [2.05, 4.69) is 30.6 Å². The second-order valence-corrected chi connectivity index (χ2v) is 7.53. The molecule has 0 atom stereocenters. The molecular weight excluding hydrogens is 290 g/mol. The SMILES string of the molecule is CCN(CC)CC(=O)N1CCN(CC2(O)CCC(C)CC2)CC1. The van der Waals surface area contributed by atoms with Crippen LogP contribution in [0.25, 0.3) is 0 Å². The standard InChI is InChI=1S/C18H35N3O2/c1-4-19(5-2)14-17(22)21-12-10-20(11-13-21)15-18(23)8-6-16(3)7-9-18/h16,23H,4-15H2,1-3H3. The molecule has 0 unspecified atom stereocenters. The van der Waals surface area contributed by atoms with Crippen LogP contribution in [0.5, 0.6) is 0 Å². The van der Waals surface area contributed by atoms with Crippen molar-refractivity contribution in [3.05, 3.63) is 0 Å². The molecule has 2 fully saturated rings. The first kappa shape index (κ1) is 18.7.